The van der Waals surface area contributed by atoms with E-state index in [0.717, 1.165) is 30.4 Å². The summed E-state index contributed by atoms with van der Waals surface area (Å²) in [4.78, 5) is 6.78. The average Bonchev–Trinajstić information content (AvgIpc) is 3.17. The van der Waals surface area contributed by atoms with Crippen molar-refractivity contribution in [3.05, 3.63) is 71.9 Å². The van der Waals surface area contributed by atoms with E-state index < -0.39 is 0 Å². The number of rotatable bonds is 10. The number of halogens is 1. The van der Waals surface area contributed by atoms with Crippen molar-refractivity contribution in [3.8, 4) is 17.5 Å². The van der Waals surface area contributed by atoms with Crippen molar-refractivity contribution in [3.63, 3.8) is 0 Å². The Morgan fingerprint density at radius 1 is 1.18 bits per heavy atom. The van der Waals surface area contributed by atoms with Crippen LogP contribution in [0.3, 0.4) is 0 Å². The van der Waals surface area contributed by atoms with E-state index in [4.69, 9.17) is 15.5 Å². The Morgan fingerprint density at radius 2 is 1.85 bits per heavy atom. The average molecular weight is 573 g/mol. The van der Waals surface area contributed by atoms with Crippen molar-refractivity contribution in [2.75, 3.05) is 39.0 Å². The number of benzene rings is 2. The van der Waals surface area contributed by atoms with Crippen molar-refractivity contribution in [2.45, 2.75) is 19.8 Å². The third-order valence-electron chi connectivity index (χ3n) is 5.07. The maximum absolute atomic E-state index is 9.57. The molecule has 3 aromatic rings. The Morgan fingerprint density at radius 3 is 2.50 bits per heavy atom. The summed E-state index contributed by atoms with van der Waals surface area (Å²) < 4.78 is 7.41. The van der Waals surface area contributed by atoms with Gasteiger partial charge in [0, 0.05) is 20.1 Å². The molecule has 2 aromatic carbocycles. The fourth-order valence-corrected chi connectivity index (χ4v) is 3.37. The Hall–Kier alpha value is -3.26. The molecule has 0 atom stereocenters. The monoisotopic (exact) mass is 573 g/mol. The van der Waals surface area contributed by atoms with Gasteiger partial charge in [0.05, 0.1) is 17.9 Å². The molecule has 3 N–H and O–H groups in total. The van der Waals surface area contributed by atoms with E-state index in [1.54, 1.807) is 4.68 Å². The summed E-state index contributed by atoms with van der Waals surface area (Å²) >= 11 is 0. The molecule has 34 heavy (non-hydrogen) atoms. The number of likely N-dealkylation sites (N-methyl/N-ethyl adjacent to an activating group) is 1. The van der Waals surface area contributed by atoms with Crippen LogP contribution >= 0.6 is 24.0 Å². The standard InChI is InChI=1S/C25H31N7O.HI/c1-3-28-25(31(2)17-18-33-21-13-8-5-9-14-21)29-16-10-15-23-22(19-26)24(27)32(30-23)20-11-6-4-7-12-20;/h4-9,11-14H,3,10,15-18,27H2,1-2H3,(H,28,29);1H. The Balaban J connectivity index is 0.00000408. The number of nitrogen functional groups attached to an aromatic ring is 1. The minimum absolute atomic E-state index is 0. The molecule has 9 heteroatoms. The SMILES string of the molecule is CCNC(=NCCCc1nn(-c2ccccc2)c(N)c1C#N)N(C)CCOc1ccccc1.I. The van der Waals surface area contributed by atoms with Crippen LogP contribution in [0.1, 0.15) is 24.6 Å². The van der Waals surface area contributed by atoms with Crippen molar-refractivity contribution in [1.29, 1.82) is 5.26 Å². The van der Waals surface area contributed by atoms with Crippen molar-refractivity contribution < 1.29 is 4.74 Å². The van der Waals surface area contributed by atoms with Crippen LogP contribution in [-0.4, -0.2) is 53.9 Å². The van der Waals surface area contributed by atoms with Crippen LogP contribution in [0.2, 0.25) is 0 Å². The summed E-state index contributed by atoms with van der Waals surface area (Å²) in [6, 6.07) is 21.6. The van der Waals surface area contributed by atoms with Gasteiger partial charge in [-0.2, -0.15) is 10.4 Å². The van der Waals surface area contributed by atoms with Gasteiger partial charge < -0.3 is 20.7 Å². The first-order valence-electron chi connectivity index (χ1n) is 11.1. The summed E-state index contributed by atoms with van der Waals surface area (Å²) in [6.45, 7) is 4.69. The molecular weight excluding hydrogens is 541 g/mol. The quantitative estimate of drug-likeness (QED) is 0.165. The number of nitrogens with one attached hydrogen (secondary N) is 1. The summed E-state index contributed by atoms with van der Waals surface area (Å²) in [5, 5.41) is 17.5. The molecule has 8 nitrogen and oxygen atoms in total. The maximum Gasteiger partial charge on any atom is 0.193 e. The van der Waals surface area contributed by atoms with Crippen LogP contribution in [-0.2, 0) is 6.42 Å². The first kappa shape index (κ1) is 27.0. The van der Waals surface area contributed by atoms with Crippen molar-refractivity contribution in [2.24, 2.45) is 4.99 Å². The van der Waals surface area contributed by atoms with Crippen LogP contribution in [0.5, 0.6) is 5.75 Å². The molecule has 0 aliphatic heterocycles. The number of nitrogens with two attached hydrogens (primary N) is 1. The number of anilines is 1. The number of nitrogens with zero attached hydrogens (tertiary/aromatic N) is 5. The molecule has 0 fully saturated rings. The smallest absolute Gasteiger partial charge is 0.193 e. The minimum atomic E-state index is 0. The predicted molar refractivity (Wildman–Crippen MR) is 147 cm³/mol. The van der Waals surface area contributed by atoms with Gasteiger partial charge in [-0.3, -0.25) is 4.99 Å². The minimum Gasteiger partial charge on any atom is -0.492 e. The Bertz CT molecular complexity index is 1080. The normalized spacial score (nSPS) is 10.8. The number of hydrogen-bond donors (Lipinski definition) is 2. The number of nitriles is 1. The summed E-state index contributed by atoms with van der Waals surface area (Å²) in [7, 11) is 1.99. The number of aromatic nitrogens is 2. The van der Waals surface area contributed by atoms with Crippen LogP contribution in [0.4, 0.5) is 5.82 Å². The van der Waals surface area contributed by atoms with Gasteiger partial charge in [-0.1, -0.05) is 36.4 Å². The molecule has 0 unspecified atom stereocenters. The first-order valence-corrected chi connectivity index (χ1v) is 11.1. The molecule has 1 heterocycles. The molecule has 180 valence electrons. The van der Waals surface area contributed by atoms with Gasteiger partial charge in [0.25, 0.3) is 0 Å². The predicted octanol–water partition coefficient (Wildman–Crippen LogP) is 3.85. The van der Waals surface area contributed by atoms with Crippen LogP contribution in [0.25, 0.3) is 5.69 Å². The zero-order valence-corrected chi connectivity index (χ0v) is 22.0. The van der Waals surface area contributed by atoms with Gasteiger partial charge in [-0.25, -0.2) is 4.68 Å². The number of aryl methyl sites for hydroxylation is 1. The van der Waals surface area contributed by atoms with Gasteiger partial charge in [-0.05, 0) is 44.0 Å². The van der Waals surface area contributed by atoms with Gasteiger partial charge in [0.15, 0.2) is 5.96 Å². The number of hydrogen-bond acceptors (Lipinski definition) is 5. The number of ether oxygens (including phenoxy) is 1. The van der Waals surface area contributed by atoms with E-state index in [9.17, 15) is 5.26 Å². The second kappa shape index (κ2) is 14.1. The molecule has 0 amide bonds. The summed E-state index contributed by atoms with van der Waals surface area (Å²) in [5.41, 5.74) is 8.16. The van der Waals surface area contributed by atoms with E-state index >= 15 is 0 Å². The van der Waals surface area contributed by atoms with Crippen LogP contribution < -0.4 is 15.8 Å². The Labute approximate surface area is 218 Å². The molecular formula is C25H32IN7O. The highest BCUT2D eigenvalue weighted by molar-refractivity contribution is 14.0. The molecule has 0 spiro atoms. The number of para-hydroxylation sites is 2. The maximum atomic E-state index is 9.57. The molecule has 1 aromatic heterocycles. The molecule has 0 radical (unpaired) electrons. The topological polar surface area (TPSA) is 104 Å². The lowest BCUT2D eigenvalue weighted by Gasteiger charge is -2.22. The van der Waals surface area contributed by atoms with Gasteiger partial charge in [0.1, 0.15) is 29.8 Å². The second-order valence-corrected chi connectivity index (χ2v) is 7.49. The lowest BCUT2D eigenvalue weighted by atomic mass is 10.1. The summed E-state index contributed by atoms with van der Waals surface area (Å²) in [6.07, 6.45) is 1.37. The third-order valence-corrected chi connectivity index (χ3v) is 5.07. The van der Waals surface area contributed by atoms with Crippen LogP contribution in [0.15, 0.2) is 65.7 Å². The van der Waals surface area contributed by atoms with Crippen LogP contribution in [0, 0.1) is 11.3 Å². The fraction of sp³-hybridized carbons (Fsp3) is 0.320. The van der Waals surface area contributed by atoms with E-state index in [2.05, 4.69) is 21.4 Å². The van der Waals surface area contributed by atoms with Gasteiger partial charge in [-0.15, -0.1) is 24.0 Å². The second-order valence-electron chi connectivity index (χ2n) is 7.49. The van der Waals surface area contributed by atoms with Gasteiger partial charge in [0.2, 0.25) is 0 Å². The molecule has 0 aliphatic rings. The molecule has 0 saturated carbocycles. The van der Waals surface area contributed by atoms with E-state index in [0.29, 0.717) is 43.2 Å². The van der Waals surface area contributed by atoms with E-state index in [1.807, 2.05) is 74.6 Å². The molecule has 3 rings (SSSR count). The van der Waals surface area contributed by atoms with Crippen molar-refractivity contribution >= 4 is 35.8 Å². The molecule has 0 bridgehead atoms. The Kier molecular flexibility index (Phi) is 11.2. The zero-order chi connectivity index (χ0) is 23.5. The lowest BCUT2D eigenvalue weighted by molar-refractivity contribution is 0.281. The summed E-state index contributed by atoms with van der Waals surface area (Å²) in [5.74, 6) is 2.05. The van der Waals surface area contributed by atoms with Gasteiger partial charge >= 0.3 is 0 Å². The first-order chi connectivity index (χ1) is 16.1. The van der Waals surface area contributed by atoms with E-state index in [1.165, 1.54) is 0 Å². The number of guanidine groups is 1. The highest BCUT2D eigenvalue weighted by Crippen LogP contribution is 2.21. The largest absolute Gasteiger partial charge is 0.492 e. The third kappa shape index (κ3) is 7.38. The van der Waals surface area contributed by atoms with E-state index in [-0.39, 0.29) is 24.0 Å². The molecule has 0 aliphatic carbocycles. The number of aliphatic imine (C=N–C) groups is 1. The highest BCUT2D eigenvalue weighted by Gasteiger charge is 2.16. The lowest BCUT2D eigenvalue weighted by Crippen LogP contribution is -2.41. The van der Waals surface area contributed by atoms with Crippen molar-refractivity contribution in [1.82, 2.24) is 20.0 Å². The fourth-order valence-electron chi connectivity index (χ4n) is 3.37. The zero-order valence-electron chi connectivity index (χ0n) is 19.6. The molecule has 0 saturated heterocycles. The highest BCUT2D eigenvalue weighted by atomic mass is 127.